The summed E-state index contributed by atoms with van der Waals surface area (Å²) in [6.45, 7) is 4.35. The molecule has 1 fully saturated rings. The minimum absolute atomic E-state index is 0.0953. The van der Waals surface area contributed by atoms with Crippen LogP contribution in [0.3, 0.4) is 0 Å². The van der Waals surface area contributed by atoms with Gasteiger partial charge in [-0.1, -0.05) is 13.8 Å². The third kappa shape index (κ3) is 1.99. The fourth-order valence-electron chi connectivity index (χ4n) is 1.95. The number of hydrogen-bond acceptors (Lipinski definition) is 2. The van der Waals surface area contributed by atoms with Crippen molar-refractivity contribution in [1.29, 1.82) is 0 Å². The molecule has 0 aliphatic heterocycles. The van der Waals surface area contributed by atoms with Gasteiger partial charge in [0.1, 0.15) is 0 Å². The Morgan fingerprint density at radius 2 is 1.08 bits per heavy atom. The molecule has 0 unspecified atom stereocenters. The summed E-state index contributed by atoms with van der Waals surface area (Å²) < 4.78 is 0. The van der Waals surface area contributed by atoms with E-state index in [1.807, 2.05) is 0 Å². The second-order valence-electron chi connectivity index (χ2n) is 4.43. The summed E-state index contributed by atoms with van der Waals surface area (Å²) in [6, 6.07) is 0. The van der Waals surface area contributed by atoms with Crippen molar-refractivity contribution in [3.63, 3.8) is 0 Å². The van der Waals surface area contributed by atoms with Crippen molar-refractivity contribution >= 4 is 0 Å². The monoisotopic (exact) mass is 170 g/mol. The van der Waals surface area contributed by atoms with Crippen molar-refractivity contribution in [2.75, 3.05) is 0 Å². The molecular formula is C10H22N2. The highest BCUT2D eigenvalue weighted by Gasteiger charge is 2.35. The van der Waals surface area contributed by atoms with Crippen LogP contribution in [0.4, 0.5) is 0 Å². The number of nitrogens with two attached hydrogens (primary N) is 2. The van der Waals surface area contributed by atoms with E-state index in [0.29, 0.717) is 0 Å². The minimum Gasteiger partial charge on any atom is -0.325 e. The van der Waals surface area contributed by atoms with Crippen LogP contribution in [0.2, 0.25) is 0 Å². The van der Waals surface area contributed by atoms with E-state index in [-0.39, 0.29) is 11.1 Å². The molecule has 0 saturated heterocycles. The van der Waals surface area contributed by atoms with E-state index in [1.165, 1.54) is 0 Å². The highest BCUT2D eigenvalue weighted by atomic mass is 14.8. The smallest absolute Gasteiger partial charge is 0.0153 e. The van der Waals surface area contributed by atoms with Crippen molar-refractivity contribution in [3.05, 3.63) is 0 Å². The van der Waals surface area contributed by atoms with Gasteiger partial charge in [-0.15, -0.1) is 0 Å². The molecule has 72 valence electrons. The Balaban J connectivity index is 2.49. The quantitative estimate of drug-likeness (QED) is 0.663. The lowest BCUT2D eigenvalue weighted by molar-refractivity contribution is 0.193. The Bertz CT molecular complexity index is 128. The molecule has 2 nitrogen and oxygen atoms in total. The highest BCUT2D eigenvalue weighted by molar-refractivity contribution is 4.97. The Kier molecular flexibility index (Phi) is 2.79. The summed E-state index contributed by atoms with van der Waals surface area (Å²) in [7, 11) is 0. The first-order valence-electron chi connectivity index (χ1n) is 5.11. The minimum atomic E-state index is 0.0953. The molecule has 1 saturated carbocycles. The summed E-state index contributed by atoms with van der Waals surface area (Å²) in [5, 5.41) is 0. The summed E-state index contributed by atoms with van der Waals surface area (Å²) in [4.78, 5) is 0. The van der Waals surface area contributed by atoms with Crippen molar-refractivity contribution in [3.8, 4) is 0 Å². The van der Waals surface area contributed by atoms with E-state index in [9.17, 15) is 0 Å². The van der Waals surface area contributed by atoms with Gasteiger partial charge in [-0.3, -0.25) is 0 Å². The SMILES string of the molecule is CCC1(N)CCC(N)(CC)CC1. The maximum atomic E-state index is 6.18. The Labute approximate surface area is 75.7 Å². The van der Waals surface area contributed by atoms with Gasteiger partial charge in [-0.25, -0.2) is 0 Å². The molecule has 0 bridgehead atoms. The second kappa shape index (κ2) is 3.35. The molecule has 1 rings (SSSR count). The first-order valence-corrected chi connectivity index (χ1v) is 5.11. The molecular weight excluding hydrogens is 148 g/mol. The molecule has 0 spiro atoms. The molecule has 1 aliphatic rings. The van der Waals surface area contributed by atoms with E-state index in [2.05, 4.69) is 13.8 Å². The fourth-order valence-corrected chi connectivity index (χ4v) is 1.95. The Morgan fingerprint density at radius 3 is 1.25 bits per heavy atom. The van der Waals surface area contributed by atoms with Crippen LogP contribution in [-0.2, 0) is 0 Å². The lowest BCUT2D eigenvalue weighted by Crippen LogP contribution is -2.51. The van der Waals surface area contributed by atoms with Crippen LogP contribution in [-0.4, -0.2) is 11.1 Å². The predicted molar refractivity (Wildman–Crippen MR) is 52.9 cm³/mol. The third-order valence-corrected chi connectivity index (χ3v) is 3.65. The van der Waals surface area contributed by atoms with Crippen molar-refractivity contribution < 1.29 is 0 Å². The van der Waals surface area contributed by atoms with Gasteiger partial charge in [-0.2, -0.15) is 0 Å². The van der Waals surface area contributed by atoms with Gasteiger partial charge >= 0.3 is 0 Å². The molecule has 1 aliphatic carbocycles. The van der Waals surface area contributed by atoms with Crippen LogP contribution < -0.4 is 11.5 Å². The van der Waals surface area contributed by atoms with Gasteiger partial charge in [0, 0.05) is 11.1 Å². The van der Waals surface area contributed by atoms with E-state index in [1.54, 1.807) is 0 Å². The Morgan fingerprint density at radius 1 is 0.833 bits per heavy atom. The molecule has 0 amide bonds. The van der Waals surface area contributed by atoms with E-state index < -0.39 is 0 Å². The second-order valence-corrected chi connectivity index (χ2v) is 4.43. The number of hydrogen-bond donors (Lipinski definition) is 2. The summed E-state index contributed by atoms with van der Waals surface area (Å²) >= 11 is 0. The van der Waals surface area contributed by atoms with Crippen LogP contribution in [0.1, 0.15) is 52.4 Å². The maximum Gasteiger partial charge on any atom is 0.0153 e. The van der Waals surface area contributed by atoms with Crippen LogP contribution in [0.25, 0.3) is 0 Å². The van der Waals surface area contributed by atoms with Crippen LogP contribution in [0.5, 0.6) is 0 Å². The summed E-state index contributed by atoms with van der Waals surface area (Å²) in [6.07, 6.45) is 6.60. The predicted octanol–water partition coefficient (Wildman–Crippen LogP) is 1.78. The van der Waals surface area contributed by atoms with Crippen LogP contribution in [0.15, 0.2) is 0 Å². The van der Waals surface area contributed by atoms with Crippen LogP contribution in [0, 0.1) is 0 Å². The summed E-state index contributed by atoms with van der Waals surface area (Å²) in [5.74, 6) is 0. The highest BCUT2D eigenvalue weighted by Crippen LogP contribution is 2.35. The molecule has 0 aromatic heterocycles. The normalized spacial score (nSPS) is 43.0. The van der Waals surface area contributed by atoms with Gasteiger partial charge in [0.2, 0.25) is 0 Å². The average Bonchev–Trinajstić information content (AvgIpc) is 2.11. The largest absolute Gasteiger partial charge is 0.325 e. The first kappa shape index (κ1) is 10.0. The topological polar surface area (TPSA) is 52.0 Å². The molecule has 4 N–H and O–H groups in total. The zero-order chi connectivity index (χ0) is 9.24. The lowest BCUT2D eigenvalue weighted by Gasteiger charge is -2.42. The molecule has 0 heterocycles. The standard InChI is InChI=1S/C10H22N2/c1-3-9(11)5-7-10(12,4-2)8-6-9/h3-8,11-12H2,1-2H3. The molecule has 0 aromatic rings. The van der Waals surface area contributed by atoms with Crippen LogP contribution >= 0.6 is 0 Å². The summed E-state index contributed by atoms with van der Waals surface area (Å²) in [5.41, 5.74) is 12.5. The van der Waals surface area contributed by atoms with Gasteiger partial charge < -0.3 is 11.5 Å². The van der Waals surface area contributed by atoms with Gasteiger partial charge in [0.25, 0.3) is 0 Å². The van der Waals surface area contributed by atoms with E-state index >= 15 is 0 Å². The Hall–Kier alpha value is -0.0800. The first-order chi connectivity index (χ1) is 5.54. The maximum absolute atomic E-state index is 6.18. The fraction of sp³-hybridized carbons (Fsp3) is 1.00. The van der Waals surface area contributed by atoms with Gasteiger partial charge in [0.05, 0.1) is 0 Å². The zero-order valence-electron chi connectivity index (χ0n) is 8.40. The average molecular weight is 170 g/mol. The van der Waals surface area contributed by atoms with Crippen molar-refractivity contribution in [2.45, 2.75) is 63.5 Å². The van der Waals surface area contributed by atoms with E-state index in [4.69, 9.17) is 11.5 Å². The molecule has 2 heteroatoms. The lowest BCUT2D eigenvalue weighted by atomic mass is 9.71. The molecule has 0 aromatic carbocycles. The molecule has 12 heavy (non-hydrogen) atoms. The van der Waals surface area contributed by atoms with Crippen molar-refractivity contribution in [2.24, 2.45) is 11.5 Å². The van der Waals surface area contributed by atoms with E-state index in [0.717, 1.165) is 38.5 Å². The van der Waals surface area contributed by atoms with Crippen molar-refractivity contribution in [1.82, 2.24) is 0 Å². The number of rotatable bonds is 2. The molecule has 0 atom stereocenters. The van der Waals surface area contributed by atoms with Gasteiger partial charge in [-0.05, 0) is 38.5 Å². The molecule has 0 radical (unpaired) electrons. The zero-order valence-corrected chi connectivity index (χ0v) is 8.40. The van der Waals surface area contributed by atoms with Gasteiger partial charge in [0.15, 0.2) is 0 Å². The third-order valence-electron chi connectivity index (χ3n) is 3.65.